The normalized spacial score (nSPS) is 16.3. The molecule has 2 N–H and O–H groups in total. The van der Waals surface area contributed by atoms with Crippen LogP contribution in [0, 0.1) is 5.92 Å². The van der Waals surface area contributed by atoms with Crippen LogP contribution in [0.4, 0.5) is 0 Å². The summed E-state index contributed by atoms with van der Waals surface area (Å²) in [5, 5.41) is 6.27. The van der Waals surface area contributed by atoms with Crippen LogP contribution in [0.1, 0.15) is 42.6 Å². The van der Waals surface area contributed by atoms with Gasteiger partial charge in [0.05, 0.1) is 19.1 Å². The molecular formula is C23H38IN5O3. The molecule has 8 nitrogen and oxygen atoms in total. The van der Waals surface area contributed by atoms with E-state index in [1.165, 1.54) is 0 Å². The van der Waals surface area contributed by atoms with Crippen molar-refractivity contribution in [2.75, 3.05) is 53.4 Å². The number of likely N-dealkylation sites (N-methyl/N-ethyl adjacent to an activating group) is 1. The van der Waals surface area contributed by atoms with Crippen LogP contribution in [0.5, 0.6) is 0 Å². The van der Waals surface area contributed by atoms with Crippen LogP contribution in [-0.4, -0.2) is 81.1 Å². The third kappa shape index (κ3) is 9.32. The first kappa shape index (κ1) is 28.2. The highest BCUT2D eigenvalue weighted by Gasteiger charge is 2.28. The van der Waals surface area contributed by atoms with Gasteiger partial charge in [0.25, 0.3) is 5.91 Å². The molecule has 180 valence electrons. The van der Waals surface area contributed by atoms with Crippen LogP contribution in [0.25, 0.3) is 0 Å². The molecule has 0 saturated carbocycles. The minimum Gasteiger partial charge on any atom is -0.466 e. The number of carbonyl (C=O) groups is 2. The zero-order chi connectivity index (χ0) is 22.6. The third-order valence-electron chi connectivity index (χ3n) is 5.12. The Morgan fingerprint density at radius 2 is 2.03 bits per heavy atom. The molecule has 1 aromatic carbocycles. The number of benzene rings is 1. The van der Waals surface area contributed by atoms with E-state index in [1.54, 1.807) is 0 Å². The molecular weight excluding hydrogens is 521 g/mol. The Bertz CT molecular complexity index is 757. The average Bonchev–Trinajstić information content (AvgIpc) is 2.76. The number of nitrogens with zero attached hydrogens (tertiary/aromatic N) is 3. The van der Waals surface area contributed by atoms with Gasteiger partial charge >= 0.3 is 5.97 Å². The number of hydrogen-bond donors (Lipinski definition) is 2. The number of hydrogen-bond acceptors (Lipinski definition) is 5. The summed E-state index contributed by atoms with van der Waals surface area (Å²) in [4.78, 5) is 33.5. The lowest BCUT2D eigenvalue weighted by molar-refractivity contribution is -0.149. The first-order valence-electron chi connectivity index (χ1n) is 11.2. The van der Waals surface area contributed by atoms with Gasteiger partial charge in [-0.15, -0.1) is 24.0 Å². The van der Waals surface area contributed by atoms with Crippen molar-refractivity contribution in [1.82, 2.24) is 20.4 Å². The van der Waals surface area contributed by atoms with Gasteiger partial charge < -0.3 is 25.2 Å². The van der Waals surface area contributed by atoms with E-state index in [0.717, 1.165) is 44.0 Å². The number of aliphatic imine (C=N–C) groups is 1. The highest BCUT2D eigenvalue weighted by molar-refractivity contribution is 14.0. The standard InChI is InChI=1S/C23H37N5O3.HI/c1-5-24-23(28-13-8-11-20(17-28)22(30)31-6-2)26-16-18-9-7-10-19(15-18)21(29)25-12-14-27(3)4;/h7,9-10,15,20H,5-6,8,11-14,16-17H2,1-4H3,(H,24,26)(H,25,29);1H. The number of guanidine groups is 1. The zero-order valence-corrected chi connectivity index (χ0v) is 22.1. The monoisotopic (exact) mass is 559 g/mol. The molecule has 1 aliphatic heterocycles. The van der Waals surface area contributed by atoms with Crippen LogP contribution < -0.4 is 10.6 Å². The molecule has 1 unspecified atom stereocenters. The molecule has 9 heteroatoms. The van der Waals surface area contributed by atoms with Crippen molar-refractivity contribution in [1.29, 1.82) is 0 Å². The maximum atomic E-state index is 12.4. The number of likely N-dealkylation sites (tertiary alicyclic amines) is 1. The number of esters is 1. The average molecular weight is 559 g/mol. The maximum absolute atomic E-state index is 12.4. The molecule has 0 aromatic heterocycles. The molecule has 1 aliphatic rings. The summed E-state index contributed by atoms with van der Waals surface area (Å²) in [5.74, 6) is 0.466. The second-order valence-electron chi connectivity index (χ2n) is 7.97. The van der Waals surface area contributed by atoms with Crippen molar-refractivity contribution in [3.8, 4) is 0 Å². The predicted molar refractivity (Wildman–Crippen MR) is 138 cm³/mol. The Kier molecular flexibility index (Phi) is 13.2. The van der Waals surface area contributed by atoms with Crippen LogP contribution in [0.3, 0.4) is 0 Å². The van der Waals surface area contributed by atoms with E-state index in [9.17, 15) is 9.59 Å². The molecule has 1 heterocycles. The number of carbonyl (C=O) groups excluding carboxylic acids is 2. The third-order valence-corrected chi connectivity index (χ3v) is 5.12. The summed E-state index contributed by atoms with van der Waals surface area (Å²) >= 11 is 0. The number of piperidine rings is 1. The van der Waals surface area contributed by atoms with Crippen molar-refractivity contribution in [3.05, 3.63) is 35.4 Å². The molecule has 0 bridgehead atoms. The van der Waals surface area contributed by atoms with Gasteiger partial charge in [0.1, 0.15) is 0 Å². The zero-order valence-electron chi connectivity index (χ0n) is 19.7. The Morgan fingerprint density at radius 3 is 2.72 bits per heavy atom. The number of amides is 1. The van der Waals surface area contributed by atoms with Gasteiger partial charge in [-0.2, -0.15) is 0 Å². The maximum Gasteiger partial charge on any atom is 0.310 e. The summed E-state index contributed by atoms with van der Waals surface area (Å²) in [7, 11) is 3.95. The molecule has 1 atom stereocenters. The first-order chi connectivity index (χ1) is 14.9. The summed E-state index contributed by atoms with van der Waals surface area (Å²) in [5.41, 5.74) is 1.60. The predicted octanol–water partition coefficient (Wildman–Crippen LogP) is 2.34. The first-order valence-corrected chi connectivity index (χ1v) is 11.2. The molecule has 0 radical (unpaired) electrons. The Balaban J connectivity index is 0.00000512. The highest BCUT2D eigenvalue weighted by atomic mass is 127. The fraction of sp³-hybridized carbons (Fsp3) is 0.609. The second kappa shape index (κ2) is 15.0. The van der Waals surface area contributed by atoms with Crippen LogP contribution in [0.15, 0.2) is 29.3 Å². The molecule has 1 amide bonds. The summed E-state index contributed by atoms with van der Waals surface area (Å²) in [6, 6.07) is 7.56. The molecule has 1 aromatic rings. The number of ether oxygens (including phenoxy) is 1. The molecule has 1 fully saturated rings. The van der Waals surface area contributed by atoms with E-state index >= 15 is 0 Å². The minimum absolute atomic E-state index is 0. The fourth-order valence-corrected chi connectivity index (χ4v) is 3.52. The molecule has 0 aliphatic carbocycles. The van der Waals surface area contributed by atoms with Gasteiger partial charge in [-0.1, -0.05) is 12.1 Å². The second-order valence-corrected chi connectivity index (χ2v) is 7.97. The minimum atomic E-state index is -0.129. The van der Waals surface area contributed by atoms with Gasteiger partial charge in [-0.3, -0.25) is 9.59 Å². The van der Waals surface area contributed by atoms with Crippen molar-refractivity contribution < 1.29 is 14.3 Å². The topological polar surface area (TPSA) is 86.3 Å². The van der Waals surface area contributed by atoms with Gasteiger partial charge in [0.2, 0.25) is 0 Å². The Morgan fingerprint density at radius 1 is 1.25 bits per heavy atom. The summed E-state index contributed by atoms with van der Waals surface area (Å²) in [6.45, 7) is 8.34. The molecule has 1 saturated heterocycles. The van der Waals surface area contributed by atoms with Crippen molar-refractivity contribution in [3.63, 3.8) is 0 Å². The SMILES string of the molecule is CCNC(=NCc1cccc(C(=O)NCCN(C)C)c1)N1CCCC(C(=O)OCC)C1.I. The van der Waals surface area contributed by atoms with Gasteiger partial charge in [-0.05, 0) is 58.5 Å². The van der Waals surface area contributed by atoms with E-state index < -0.39 is 0 Å². The van der Waals surface area contributed by atoms with Crippen molar-refractivity contribution in [2.24, 2.45) is 10.9 Å². The molecule has 2 rings (SSSR count). The van der Waals surface area contributed by atoms with Crippen molar-refractivity contribution in [2.45, 2.75) is 33.2 Å². The van der Waals surface area contributed by atoms with E-state index in [4.69, 9.17) is 9.73 Å². The quantitative estimate of drug-likeness (QED) is 0.209. The number of halogens is 1. The smallest absolute Gasteiger partial charge is 0.310 e. The number of rotatable bonds is 9. The molecule has 0 spiro atoms. The largest absolute Gasteiger partial charge is 0.466 e. The summed E-state index contributed by atoms with van der Waals surface area (Å²) in [6.07, 6.45) is 1.77. The summed E-state index contributed by atoms with van der Waals surface area (Å²) < 4.78 is 5.21. The lowest BCUT2D eigenvalue weighted by Crippen LogP contribution is -2.48. The van der Waals surface area contributed by atoms with E-state index in [-0.39, 0.29) is 41.8 Å². The van der Waals surface area contributed by atoms with E-state index in [2.05, 4.69) is 15.5 Å². The van der Waals surface area contributed by atoms with E-state index in [1.807, 2.05) is 57.1 Å². The van der Waals surface area contributed by atoms with Crippen molar-refractivity contribution >= 4 is 41.8 Å². The van der Waals surface area contributed by atoms with Gasteiger partial charge in [-0.25, -0.2) is 4.99 Å². The van der Waals surface area contributed by atoms with Gasteiger partial charge in [0.15, 0.2) is 5.96 Å². The van der Waals surface area contributed by atoms with Crippen LogP contribution in [-0.2, 0) is 16.1 Å². The Labute approximate surface area is 209 Å². The lowest BCUT2D eigenvalue weighted by atomic mass is 9.98. The van der Waals surface area contributed by atoms with E-state index in [0.29, 0.717) is 31.8 Å². The number of nitrogens with one attached hydrogen (secondary N) is 2. The van der Waals surface area contributed by atoms with Crippen LogP contribution >= 0.6 is 24.0 Å². The highest BCUT2D eigenvalue weighted by Crippen LogP contribution is 2.18. The Hall–Kier alpha value is -1.88. The lowest BCUT2D eigenvalue weighted by Gasteiger charge is -2.34. The van der Waals surface area contributed by atoms with Gasteiger partial charge in [0, 0.05) is 38.3 Å². The molecule has 32 heavy (non-hydrogen) atoms. The fourth-order valence-electron chi connectivity index (χ4n) is 3.52. The van der Waals surface area contributed by atoms with Crippen LogP contribution in [0.2, 0.25) is 0 Å².